The zero-order chi connectivity index (χ0) is 18.2. The van der Waals surface area contributed by atoms with Gasteiger partial charge in [0.25, 0.3) is 0 Å². The quantitative estimate of drug-likeness (QED) is 0.306. The van der Waals surface area contributed by atoms with Crippen LogP contribution in [-0.2, 0) is 6.54 Å². The maximum atomic E-state index is 5.43. The molecule has 0 aliphatic rings. The first-order chi connectivity index (χ1) is 12.8. The van der Waals surface area contributed by atoms with E-state index in [-0.39, 0.29) is 30.0 Å². The lowest BCUT2D eigenvalue weighted by molar-refractivity contribution is 0.424. The second-order valence-electron chi connectivity index (χ2n) is 6.02. The largest absolute Gasteiger partial charge is 0.357 e. The van der Waals surface area contributed by atoms with Crippen LogP contribution in [0, 0.1) is 0 Å². The number of hydrogen-bond donors (Lipinski definition) is 2. The number of rotatable bonds is 6. The van der Waals surface area contributed by atoms with E-state index in [0.29, 0.717) is 6.54 Å². The summed E-state index contributed by atoms with van der Waals surface area (Å²) >= 11 is 0. The molecule has 1 atom stereocenters. The van der Waals surface area contributed by atoms with Crippen molar-refractivity contribution in [1.82, 2.24) is 15.8 Å². The number of nitrogens with one attached hydrogen (secondary N) is 2. The number of aliphatic imine (C=N–C) groups is 1. The van der Waals surface area contributed by atoms with Gasteiger partial charge in [0.15, 0.2) is 11.7 Å². The lowest BCUT2D eigenvalue weighted by atomic mass is 10.1. The molecule has 2 N–H and O–H groups in total. The number of halogens is 1. The van der Waals surface area contributed by atoms with Crippen molar-refractivity contribution in [3.63, 3.8) is 0 Å². The minimum atomic E-state index is 0. The minimum Gasteiger partial charge on any atom is -0.357 e. The van der Waals surface area contributed by atoms with Gasteiger partial charge in [-0.25, -0.2) is 4.99 Å². The van der Waals surface area contributed by atoms with Gasteiger partial charge in [0.05, 0.1) is 12.6 Å². The second-order valence-corrected chi connectivity index (χ2v) is 6.02. The van der Waals surface area contributed by atoms with Crippen LogP contribution in [-0.4, -0.2) is 17.7 Å². The Labute approximate surface area is 177 Å². The summed E-state index contributed by atoms with van der Waals surface area (Å²) < 4.78 is 5.43. The third-order valence-corrected chi connectivity index (χ3v) is 4.01. The van der Waals surface area contributed by atoms with Crippen LogP contribution in [0.3, 0.4) is 0 Å². The van der Waals surface area contributed by atoms with E-state index in [4.69, 9.17) is 4.52 Å². The van der Waals surface area contributed by atoms with E-state index in [0.717, 1.165) is 29.5 Å². The molecule has 0 saturated heterocycles. The van der Waals surface area contributed by atoms with E-state index < -0.39 is 0 Å². The molecular formula is C21H25IN4O. The Morgan fingerprint density at radius 2 is 1.74 bits per heavy atom. The minimum absolute atomic E-state index is 0. The molecule has 3 aromatic rings. The summed E-state index contributed by atoms with van der Waals surface area (Å²) in [6.45, 7) is 5.41. The van der Waals surface area contributed by atoms with E-state index in [1.54, 1.807) is 0 Å². The van der Waals surface area contributed by atoms with Gasteiger partial charge in [-0.05, 0) is 19.4 Å². The average molecular weight is 476 g/mol. The van der Waals surface area contributed by atoms with Crippen molar-refractivity contribution in [2.24, 2.45) is 4.99 Å². The van der Waals surface area contributed by atoms with Gasteiger partial charge in [0.1, 0.15) is 5.69 Å². The highest BCUT2D eigenvalue weighted by atomic mass is 127. The zero-order valence-corrected chi connectivity index (χ0v) is 17.9. The number of benzene rings is 2. The molecule has 0 spiro atoms. The van der Waals surface area contributed by atoms with Crippen molar-refractivity contribution in [2.45, 2.75) is 26.4 Å². The normalized spacial score (nSPS) is 12.1. The van der Waals surface area contributed by atoms with Crippen LogP contribution in [0.25, 0.3) is 11.3 Å². The van der Waals surface area contributed by atoms with Gasteiger partial charge in [-0.1, -0.05) is 65.8 Å². The zero-order valence-electron chi connectivity index (χ0n) is 15.6. The third-order valence-electron chi connectivity index (χ3n) is 4.01. The van der Waals surface area contributed by atoms with Crippen LogP contribution in [0.2, 0.25) is 0 Å². The Bertz CT molecular complexity index is 834. The third kappa shape index (κ3) is 6.09. The monoisotopic (exact) mass is 476 g/mol. The van der Waals surface area contributed by atoms with E-state index in [1.165, 1.54) is 5.56 Å². The highest BCUT2D eigenvalue weighted by molar-refractivity contribution is 14.0. The van der Waals surface area contributed by atoms with Crippen molar-refractivity contribution < 1.29 is 4.52 Å². The Morgan fingerprint density at radius 1 is 1.07 bits per heavy atom. The van der Waals surface area contributed by atoms with Gasteiger partial charge >= 0.3 is 0 Å². The molecular weight excluding hydrogens is 451 g/mol. The first kappa shape index (κ1) is 21.0. The van der Waals surface area contributed by atoms with Crippen LogP contribution >= 0.6 is 24.0 Å². The van der Waals surface area contributed by atoms with Gasteiger partial charge < -0.3 is 15.2 Å². The lowest BCUT2D eigenvalue weighted by Crippen LogP contribution is -2.38. The van der Waals surface area contributed by atoms with Gasteiger partial charge in [-0.3, -0.25) is 0 Å². The molecule has 0 saturated carbocycles. The molecule has 6 heteroatoms. The van der Waals surface area contributed by atoms with Crippen molar-refractivity contribution in [1.29, 1.82) is 0 Å². The fraction of sp³-hybridized carbons (Fsp3) is 0.238. The summed E-state index contributed by atoms with van der Waals surface area (Å²) in [6.07, 6.45) is 0. The van der Waals surface area contributed by atoms with Gasteiger partial charge in [-0.15, -0.1) is 24.0 Å². The Kier molecular flexibility index (Phi) is 8.32. The fourth-order valence-electron chi connectivity index (χ4n) is 2.64. The molecule has 27 heavy (non-hydrogen) atoms. The molecule has 0 amide bonds. The van der Waals surface area contributed by atoms with Crippen molar-refractivity contribution in [2.75, 3.05) is 6.54 Å². The Hall–Kier alpha value is -2.35. The molecule has 142 valence electrons. The van der Waals surface area contributed by atoms with Crippen molar-refractivity contribution >= 4 is 29.9 Å². The first-order valence-electron chi connectivity index (χ1n) is 8.87. The standard InChI is InChI=1S/C21H24N4O.HI/c1-3-22-21(24-16(2)17-10-6-4-7-11-17)23-15-19-14-20(26-25-19)18-12-8-5-9-13-18;/h4-14,16H,3,15H2,1-2H3,(H2,22,23,24);1H. The summed E-state index contributed by atoms with van der Waals surface area (Å²) in [5.41, 5.74) is 3.03. The first-order valence-corrected chi connectivity index (χ1v) is 8.87. The Balaban J connectivity index is 0.00000261. The number of hydrogen-bond acceptors (Lipinski definition) is 3. The van der Waals surface area contributed by atoms with Crippen LogP contribution < -0.4 is 10.6 Å². The topological polar surface area (TPSA) is 62.5 Å². The summed E-state index contributed by atoms with van der Waals surface area (Å²) in [6, 6.07) is 22.3. The lowest BCUT2D eigenvalue weighted by Gasteiger charge is -2.18. The molecule has 0 aliphatic carbocycles. The summed E-state index contributed by atoms with van der Waals surface area (Å²) in [5, 5.41) is 10.8. The molecule has 0 aliphatic heterocycles. The van der Waals surface area contributed by atoms with E-state index in [2.05, 4.69) is 39.8 Å². The van der Waals surface area contributed by atoms with E-state index >= 15 is 0 Å². The van der Waals surface area contributed by atoms with Gasteiger partial charge in [-0.2, -0.15) is 0 Å². The number of nitrogens with zero attached hydrogens (tertiary/aromatic N) is 2. The molecule has 2 aromatic carbocycles. The highest BCUT2D eigenvalue weighted by Gasteiger charge is 2.09. The fourth-order valence-corrected chi connectivity index (χ4v) is 2.64. The molecule has 5 nitrogen and oxygen atoms in total. The second kappa shape index (κ2) is 10.7. The van der Waals surface area contributed by atoms with E-state index in [9.17, 15) is 0 Å². The molecule has 0 radical (unpaired) electrons. The predicted molar refractivity (Wildman–Crippen MR) is 120 cm³/mol. The van der Waals surface area contributed by atoms with Crippen LogP contribution in [0.5, 0.6) is 0 Å². The number of aromatic nitrogens is 1. The molecule has 3 rings (SSSR count). The number of guanidine groups is 1. The van der Waals surface area contributed by atoms with Crippen molar-refractivity contribution in [3.05, 3.63) is 78.0 Å². The van der Waals surface area contributed by atoms with E-state index in [1.807, 2.05) is 61.5 Å². The van der Waals surface area contributed by atoms with Crippen LogP contribution in [0.4, 0.5) is 0 Å². The summed E-state index contributed by atoms with van der Waals surface area (Å²) in [4.78, 5) is 4.63. The van der Waals surface area contributed by atoms with Crippen molar-refractivity contribution in [3.8, 4) is 11.3 Å². The van der Waals surface area contributed by atoms with Gasteiger partial charge in [0.2, 0.25) is 0 Å². The van der Waals surface area contributed by atoms with Crippen LogP contribution in [0.1, 0.15) is 31.1 Å². The SMILES string of the molecule is CCNC(=NCc1cc(-c2ccccc2)on1)NC(C)c1ccccc1.I. The van der Waals surface area contributed by atoms with Gasteiger partial charge in [0, 0.05) is 18.2 Å². The molecule has 1 heterocycles. The molecule has 0 fully saturated rings. The molecule has 0 bridgehead atoms. The maximum Gasteiger partial charge on any atom is 0.192 e. The predicted octanol–water partition coefficient (Wildman–Crippen LogP) is 4.78. The van der Waals surface area contributed by atoms with Crippen LogP contribution in [0.15, 0.2) is 76.2 Å². The maximum absolute atomic E-state index is 5.43. The summed E-state index contributed by atoms with van der Waals surface area (Å²) in [7, 11) is 0. The molecule has 1 unspecified atom stereocenters. The Morgan fingerprint density at radius 3 is 2.41 bits per heavy atom. The smallest absolute Gasteiger partial charge is 0.192 e. The molecule has 1 aromatic heterocycles. The average Bonchev–Trinajstić information content (AvgIpc) is 3.17. The highest BCUT2D eigenvalue weighted by Crippen LogP contribution is 2.20. The summed E-state index contributed by atoms with van der Waals surface area (Å²) in [5.74, 6) is 1.51.